The minimum absolute atomic E-state index is 0.249. The first-order valence-corrected chi connectivity index (χ1v) is 8.36. The maximum Gasteiger partial charge on any atom is 0.368 e. The topological polar surface area (TPSA) is 88.2 Å². The molecule has 0 unspecified atom stereocenters. The van der Waals surface area contributed by atoms with E-state index in [1.54, 1.807) is 31.3 Å². The van der Waals surface area contributed by atoms with Gasteiger partial charge in [0.1, 0.15) is 18.1 Å². The molecule has 0 fully saturated rings. The number of carbonyl (C=O) groups excluding carboxylic acids is 1. The predicted octanol–water partition coefficient (Wildman–Crippen LogP) is 2.09. The van der Waals surface area contributed by atoms with Gasteiger partial charge in [-0.15, -0.1) is 0 Å². The van der Waals surface area contributed by atoms with E-state index in [1.807, 2.05) is 26.0 Å². The van der Waals surface area contributed by atoms with Crippen molar-refractivity contribution in [2.45, 2.75) is 27.4 Å². The van der Waals surface area contributed by atoms with Gasteiger partial charge in [-0.3, -0.25) is 4.79 Å². The lowest BCUT2D eigenvalue weighted by atomic mass is 10.1. The summed E-state index contributed by atoms with van der Waals surface area (Å²) in [4.78, 5) is 23.3. The van der Waals surface area contributed by atoms with Crippen LogP contribution in [0.1, 0.15) is 23.6 Å². The van der Waals surface area contributed by atoms with E-state index < -0.39 is 0 Å². The predicted molar refractivity (Wildman–Crippen MR) is 98.2 cm³/mol. The normalized spacial score (nSPS) is 10.7. The van der Waals surface area contributed by atoms with Gasteiger partial charge in [-0.05, 0) is 59.7 Å². The van der Waals surface area contributed by atoms with Crippen LogP contribution in [0.25, 0.3) is 5.69 Å². The Kier molecular flexibility index (Phi) is 5.07. The van der Waals surface area contributed by atoms with Crippen molar-refractivity contribution < 1.29 is 14.3 Å². The second-order valence-corrected chi connectivity index (χ2v) is 6.18. The highest BCUT2D eigenvalue weighted by Crippen LogP contribution is 2.26. The molecule has 27 heavy (non-hydrogen) atoms. The Morgan fingerprint density at radius 3 is 2.52 bits per heavy atom. The van der Waals surface area contributed by atoms with Gasteiger partial charge in [0.25, 0.3) is 0 Å². The van der Waals surface area contributed by atoms with Crippen LogP contribution in [0.5, 0.6) is 11.5 Å². The first kappa shape index (κ1) is 18.4. The average Bonchev–Trinajstić information content (AvgIpc) is 2.93. The van der Waals surface area contributed by atoms with Crippen molar-refractivity contribution in [2.75, 3.05) is 0 Å². The molecule has 0 aliphatic carbocycles. The summed E-state index contributed by atoms with van der Waals surface area (Å²) in [5, 5.41) is 7.68. The van der Waals surface area contributed by atoms with Crippen LogP contribution >= 0.6 is 0 Å². The standard InChI is InChI=1S/C19H20N4O4/c1-12-6-5-7-17(23-19(25)22(4)20-21-23)16(12)11-26-18-9-8-15(10-13(18)2)27-14(3)24/h5-10H,11H2,1-4H3. The van der Waals surface area contributed by atoms with E-state index in [0.717, 1.165) is 16.7 Å². The summed E-state index contributed by atoms with van der Waals surface area (Å²) in [6.07, 6.45) is 0. The fraction of sp³-hybridized carbons (Fsp3) is 0.263. The van der Waals surface area contributed by atoms with E-state index in [0.29, 0.717) is 17.2 Å². The lowest BCUT2D eigenvalue weighted by molar-refractivity contribution is -0.131. The molecular formula is C19H20N4O4. The summed E-state index contributed by atoms with van der Waals surface area (Å²) in [7, 11) is 1.55. The van der Waals surface area contributed by atoms with E-state index in [9.17, 15) is 9.59 Å². The largest absolute Gasteiger partial charge is 0.489 e. The van der Waals surface area contributed by atoms with Crippen LogP contribution in [0.2, 0.25) is 0 Å². The van der Waals surface area contributed by atoms with Gasteiger partial charge in [-0.1, -0.05) is 12.1 Å². The Morgan fingerprint density at radius 1 is 1.11 bits per heavy atom. The summed E-state index contributed by atoms with van der Waals surface area (Å²) in [6.45, 7) is 5.42. The minimum Gasteiger partial charge on any atom is -0.489 e. The number of benzene rings is 2. The third kappa shape index (κ3) is 3.89. The summed E-state index contributed by atoms with van der Waals surface area (Å²) in [5.74, 6) is 0.753. The third-order valence-electron chi connectivity index (χ3n) is 4.12. The van der Waals surface area contributed by atoms with Crippen LogP contribution in [0.15, 0.2) is 41.2 Å². The molecule has 0 saturated carbocycles. The molecule has 0 aliphatic heterocycles. The summed E-state index contributed by atoms with van der Waals surface area (Å²) >= 11 is 0. The molecule has 0 spiro atoms. The molecule has 1 heterocycles. The van der Waals surface area contributed by atoms with Crippen LogP contribution < -0.4 is 15.2 Å². The van der Waals surface area contributed by atoms with E-state index in [4.69, 9.17) is 9.47 Å². The van der Waals surface area contributed by atoms with Crippen molar-refractivity contribution in [3.05, 3.63) is 63.6 Å². The zero-order valence-corrected chi connectivity index (χ0v) is 15.6. The van der Waals surface area contributed by atoms with Crippen LogP contribution in [0.3, 0.4) is 0 Å². The first-order valence-electron chi connectivity index (χ1n) is 8.36. The zero-order chi connectivity index (χ0) is 19.6. The van der Waals surface area contributed by atoms with Gasteiger partial charge in [-0.25, -0.2) is 4.79 Å². The van der Waals surface area contributed by atoms with Gasteiger partial charge in [0.15, 0.2) is 0 Å². The van der Waals surface area contributed by atoms with Gasteiger partial charge in [0.2, 0.25) is 0 Å². The fourth-order valence-electron chi connectivity index (χ4n) is 2.70. The number of tetrazole rings is 1. The molecule has 8 nitrogen and oxygen atoms in total. The Balaban J connectivity index is 1.88. The fourth-order valence-corrected chi connectivity index (χ4v) is 2.70. The van der Waals surface area contributed by atoms with Crippen molar-refractivity contribution in [2.24, 2.45) is 7.05 Å². The molecule has 140 valence electrons. The van der Waals surface area contributed by atoms with Crippen molar-refractivity contribution in [3.8, 4) is 17.2 Å². The molecule has 0 bridgehead atoms. The maximum absolute atomic E-state index is 12.2. The number of hydrogen-bond donors (Lipinski definition) is 0. The molecule has 0 amide bonds. The number of ether oxygens (including phenoxy) is 2. The van der Waals surface area contributed by atoms with Crippen LogP contribution in [0, 0.1) is 13.8 Å². The number of hydrogen-bond acceptors (Lipinski definition) is 6. The van der Waals surface area contributed by atoms with Gasteiger partial charge >= 0.3 is 11.7 Å². The molecule has 0 N–H and O–H groups in total. The molecule has 0 radical (unpaired) electrons. The molecule has 2 aromatic carbocycles. The van der Waals surface area contributed by atoms with Crippen molar-refractivity contribution in [1.82, 2.24) is 19.8 Å². The van der Waals surface area contributed by atoms with Crippen LogP contribution in [-0.4, -0.2) is 25.8 Å². The number of aromatic nitrogens is 4. The monoisotopic (exact) mass is 368 g/mol. The van der Waals surface area contributed by atoms with E-state index in [2.05, 4.69) is 10.4 Å². The number of esters is 1. The summed E-state index contributed by atoms with van der Waals surface area (Å²) < 4.78 is 13.5. The first-order chi connectivity index (χ1) is 12.9. The smallest absolute Gasteiger partial charge is 0.368 e. The Labute approximate surface area is 155 Å². The van der Waals surface area contributed by atoms with E-state index in [-0.39, 0.29) is 18.3 Å². The average molecular weight is 368 g/mol. The van der Waals surface area contributed by atoms with E-state index >= 15 is 0 Å². The summed E-state index contributed by atoms with van der Waals surface area (Å²) in [5.41, 5.74) is 2.94. The Morgan fingerprint density at radius 2 is 1.89 bits per heavy atom. The van der Waals surface area contributed by atoms with Crippen LogP contribution in [0.4, 0.5) is 0 Å². The second kappa shape index (κ2) is 7.45. The van der Waals surface area contributed by atoms with E-state index in [1.165, 1.54) is 16.3 Å². The lowest BCUT2D eigenvalue weighted by Crippen LogP contribution is -2.23. The number of rotatable bonds is 5. The van der Waals surface area contributed by atoms with Crippen molar-refractivity contribution >= 4 is 5.97 Å². The highest BCUT2D eigenvalue weighted by atomic mass is 16.5. The highest BCUT2D eigenvalue weighted by Gasteiger charge is 2.14. The highest BCUT2D eigenvalue weighted by molar-refractivity contribution is 5.69. The van der Waals surface area contributed by atoms with Crippen molar-refractivity contribution in [3.63, 3.8) is 0 Å². The Hall–Kier alpha value is -3.42. The molecule has 0 saturated heterocycles. The minimum atomic E-state index is -0.373. The van der Waals surface area contributed by atoms with Gasteiger partial charge in [0.05, 0.1) is 5.69 Å². The SMILES string of the molecule is CC(=O)Oc1ccc(OCc2c(C)cccc2-n2nnn(C)c2=O)c(C)c1. The molecule has 3 aromatic rings. The van der Waals surface area contributed by atoms with Crippen LogP contribution in [-0.2, 0) is 18.4 Å². The van der Waals surface area contributed by atoms with Gasteiger partial charge in [-0.2, -0.15) is 9.36 Å². The molecule has 0 atom stereocenters. The van der Waals surface area contributed by atoms with Gasteiger partial charge in [0, 0.05) is 19.5 Å². The molecule has 0 aliphatic rings. The number of nitrogens with zero attached hydrogens (tertiary/aromatic N) is 4. The number of carbonyl (C=O) groups is 1. The zero-order valence-electron chi connectivity index (χ0n) is 15.6. The molecule has 3 rings (SSSR count). The number of aryl methyl sites for hydroxylation is 3. The molecule has 1 aromatic heterocycles. The molecular weight excluding hydrogens is 348 g/mol. The maximum atomic E-state index is 12.2. The third-order valence-corrected chi connectivity index (χ3v) is 4.12. The Bertz CT molecular complexity index is 1050. The quantitative estimate of drug-likeness (QED) is 0.506. The van der Waals surface area contributed by atoms with Crippen molar-refractivity contribution in [1.29, 1.82) is 0 Å². The lowest BCUT2D eigenvalue weighted by Gasteiger charge is -2.14. The summed E-state index contributed by atoms with van der Waals surface area (Å²) in [6, 6.07) is 10.8. The second-order valence-electron chi connectivity index (χ2n) is 6.18. The molecule has 8 heteroatoms. The van der Waals surface area contributed by atoms with Gasteiger partial charge < -0.3 is 9.47 Å².